The van der Waals surface area contributed by atoms with Gasteiger partial charge in [-0.15, -0.1) is 0 Å². The Balaban J connectivity index is 1.62. The van der Waals surface area contributed by atoms with Crippen LogP contribution in [0.3, 0.4) is 0 Å². The van der Waals surface area contributed by atoms with E-state index in [0.29, 0.717) is 28.6 Å². The molecule has 8 heteroatoms. The monoisotopic (exact) mass is 383 g/mol. The fourth-order valence-corrected chi connectivity index (χ4v) is 2.51. The van der Waals surface area contributed by atoms with Gasteiger partial charge in [-0.2, -0.15) is 4.98 Å². The SMILES string of the molecule is COc1ccc(-c2noc([C@@H](C)NC(=O)COc3ccccc3)n2)cc1OC. The second kappa shape index (κ2) is 8.90. The Hall–Kier alpha value is -3.55. The molecule has 0 bridgehead atoms. The van der Waals surface area contributed by atoms with E-state index in [-0.39, 0.29) is 18.4 Å². The lowest BCUT2D eigenvalue weighted by Gasteiger charge is -2.10. The number of nitrogens with one attached hydrogen (secondary N) is 1. The largest absolute Gasteiger partial charge is 0.493 e. The van der Waals surface area contributed by atoms with Gasteiger partial charge in [0.2, 0.25) is 11.7 Å². The molecule has 0 radical (unpaired) electrons. The first-order valence-corrected chi connectivity index (χ1v) is 8.64. The number of hydrogen-bond donors (Lipinski definition) is 1. The van der Waals surface area contributed by atoms with E-state index in [9.17, 15) is 4.79 Å². The molecule has 8 nitrogen and oxygen atoms in total. The van der Waals surface area contributed by atoms with Gasteiger partial charge in [-0.05, 0) is 37.3 Å². The van der Waals surface area contributed by atoms with Crippen LogP contribution in [0.4, 0.5) is 0 Å². The van der Waals surface area contributed by atoms with E-state index < -0.39 is 6.04 Å². The highest BCUT2D eigenvalue weighted by molar-refractivity contribution is 5.77. The Kier molecular flexibility index (Phi) is 6.11. The van der Waals surface area contributed by atoms with E-state index in [1.165, 1.54) is 0 Å². The smallest absolute Gasteiger partial charge is 0.258 e. The van der Waals surface area contributed by atoms with Crippen molar-refractivity contribution in [3.63, 3.8) is 0 Å². The van der Waals surface area contributed by atoms with Crippen molar-refractivity contribution in [2.75, 3.05) is 20.8 Å². The quantitative estimate of drug-likeness (QED) is 0.639. The highest BCUT2D eigenvalue weighted by atomic mass is 16.5. The number of amides is 1. The number of nitrogens with zero attached hydrogens (tertiary/aromatic N) is 2. The molecule has 0 unspecified atom stereocenters. The summed E-state index contributed by atoms with van der Waals surface area (Å²) < 4.78 is 21.2. The molecule has 0 saturated heterocycles. The lowest BCUT2D eigenvalue weighted by atomic mass is 10.2. The summed E-state index contributed by atoms with van der Waals surface area (Å²) in [6.07, 6.45) is 0. The molecule has 28 heavy (non-hydrogen) atoms. The van der Waals surface area contributed by atoms with Crippen LogP contribution in [0.2, 0.25) is 0 Å². The van der Waals surface area contributed by atoms with Crippen molar-refractivity contribution < 1.29 is 23.5 Å². The van der Waals surface area contributed by atoms with Crippen LogP contribution in [0.25, 0.3) is 11.4 Å². The predicted octanol–water partition coefficient (Wildman–Crippen LogP) is 3.01. The van der Waals surface area contributed by atoms with Crippen molar-refractivity contribution in [3.05, 3.63) is 54.4 Å². The first-order chi connectivity index (χ1) is 13.6. The zero-order chi connectivity index (χ0) is 19.9. The molecule has 0 aliphatic carbocycles. The number of para-hydroxylation sites is 1. The summed E-state index contributed by atoms with van der Waals surface area (Å²) in [5, 5.41) is 6.74. The molecular weight excluding hydrogens is 362 g/mol. The van der Waals surface area contributed by atoms with Crippen molar-refractivity contribution in [3.8, 4) is 28.6 Å². The van der Waals surface area contributed by atoms with Crippen LogP contribution >= 0.6 is 0 Å². The van der Waals surface area contributed by atoms with Crippen LogP contribution < -0.4 is 19.5 Å². The highest BCUT2D eigenvalue weighted by Crippen LogP contribution is 2.31. The van der Waals surface area contributed by atoms with Gasteiger partial charge in [-0.3, -0.25) is 4.79 Å². The molecule has 0 aliphatic rings. The first kappa shape index (κ1) is 19.2. The lowest BCUT2D eigenvalue weighted by molar-refractivity contribution is -0.123. The van der Waals surface area contributed by atoms with E-state index in [1.807, 2.05) is 18.2 Å². The maximum atomic E-state index is 12.1. The van der Waals surface area contributed by atoms with Crippen molar-refractivity contribution in [1.82, 2.24) is 15.5 Å². The number of hydrogen-bond acceptors (Lipinski definition) is 7. The molecular formula is C20H21N3O5. The van der Waals surface area contributed by atoms with Crippen LogP contribution in [0, 0.1) is 0 Å². The first-order valence-electron chi connectivity index (χ1n) is 8.64. The molecule has 0 spiro atoms. The van der Waals surface area contributed by atoms with Gasteiger partial charge in [0.05, 0.1) is 14.2 Å². The molecule has 0 fully saturated rings. The number of carbonyl (C=O) groups is 1. The summed E-state index contributed by atoms with van der Waals surface area (Å²) >= 11 is 0. The highest BCUT2D eigenvalue weighted by Gasteiger charge is 2.18. The van der Waals surface area contributed by atoms with Gasteiger partial charge < -0.3 is 24.1 Å². The third-order valence-electron chi connectivity index (χ3n) is 3.94. The molecule has 1 amide bonds. The summed E-state index contributed by atoms with van der Waals surface area (Å²) in [6.45, 7) is 1.65. The molecule has 0 aliphatic heterocycles. The fraction of sp³-hybridized carbons (Fsp3) is 0.250. The van der Waals surface area contributed by atoms with Crippen LogP contribution in [0.1, 0.15) is 18.9 Å². The van der Waals surface area contributed by atoms with Gasteiger partial charge in [-0.25, -0.2) is 0 Å². The van der Waals surface area contributed by atoms with Gasteiger partial charge in [0.1, 0.15) is 11.8 Å². The summed E-state index contributed by atoms with van der Waals surface area (Å²) in [4.78, 5) is 16.4. The Morgan fingerprint density at radius 3 is 2.57 bits per heavy atom. The molecule has 1 atom stereocenters. The lowest BCUT2D eigenvalue weighted by Crippen LogP contribution is -2.31. The van der Waals surface area contributed by atoms with Crippen LogP contribution in [0.5, 0.6) is 17.2 Å². The second-order valence-corrected chi connectivity index (χ2v) is 5.92. The number of methoxy groups -OCH3 is 2. The van der Waals surface area contributed by atoms with Crippen molar-refractivity contribution in [2.24, 2.45) is 0 Å². The summed E-state index contributed by atoms with van der Waals surface area (Å²) in [5.74, 6) is 2.18. The van der Waals surface area contributed by atoms with Crippen LogP contribution in [-0.4, -0.2) is 36.9 Å². The normalized spacial score (nSPS) is 11.5. The number of carbonyl (C=O) groups excluding carboxylic acids is 1. The molecule has 1 heterocycles. The number of benzene rings is 2. The van der Waals surface area contributed by atoms with E-state index in [0.717, 1.165) is 0 Å². The van der Waals surface area contributed by atoms with Gasteiger partial charge in [0, 0.05) is 5.56 Å². The average molecular weight is 383 g/mol. The molecule has 0 saturated carbocycles. The number of ether oxygens (including phenoxy) is 3. The molecule has 1 N–H and O–H groups in total. The third kappa shape index (κ3) is 4.59. The number of aromatic nitrogens is 2. The molecule has 2 aromatic carbocycles. The molecule has 1 aromatic heterocycles. The predicted molar refractivity (Wildman–Crippen MR) is 101 cm³/mol. The summed E-state index contributed by atoms with van der Waals surface area (Å²) in [7, 11) is 3.12. The minimum Gasteiger partial charge on any atom is -0.493 e. The molecule has 3 rings (SSSR count). The van der Waals surface area contributed by atoms with Crippen molar-refractivity contribution >= 4 is 5.91 Å². The minimum absolute atomic E-state index is 0.106. The van der Waals surface area contributed by atoms with E-state index in [4.69, 9.17) is 18.7 Å². The van der Waals surface area contributed by atoms with Gasteiger partial charge in [-0.1, -0.05) is 23.4 Å². The summed E-state index contributed by atoms with van der Waals surface area (Å²) in [5.41, 5.74) is 0.707. The zero-order valence-corrected chi connectivity index (χ0v) is 15.8. The van der Waals surface area contributed by atoms with Gasteiger partial charge >= 0.3 is 0 Å². The van der Waals surface area contributed by atoms with Gasteiger partial charge in [0.15, 0.2) is 18.1 Å². The maximum Gasteiger partial charge on any atom is 0.258 e. The molecule has 146 valence electrons. The van der Waals surface area contributed by atoms with Crippen LogP contribution in [0.15, 0.2) is 53.1 Å². The summed E-state index contributed by atoms with van der Waals surface area (Å²) in [6, 6.07) is 14.0. The fourth-order valence-electron chi connectivity index (χ4n) is 2.51. The van der Waals surface area contributed by atoms with Gasteiger partial charge in [0.25, 0.3) is 5.91 Å². The minimum atomic E-state index is -0.465. The Bertz CT molecular complexity index is 927. The average Bonchev–Trinajstić information content (AvgIpc) is 3.23. The Labute approximate surface area is 162 Å². The van der Waals surface area contributed by atoms with E-state index >= 15 is 0 Å². The Morgan fingerprint density at radius 1 is 1.11 bits per heavy atom. The van der Waals surface area contributed by atoms with Crippen molar-refractivity contribution in [1.29, 1.82) is 0 Å². The third-order valence-corrected chi connectivity index (χ3v) is 3.94. The van der Waals surface area contributed by atoms with Crippen LogP contribution in [-0.2, 0) is 4.79 Å². The number of rotatable bonds is 8. The zero-order valence-electron chi connectivity index (χ0n) is 15.8. The topological polar surface area (TPSA) is 95.7 Å². The second-order valence-electron chi connectivity index (χ2n) is 5.92. The van der Waals surface area contributed by atoms with E-state index in [2.05, 4.69) is 15.5 Å². The standard InChI is InChI=1S/C20H21N3O5/c1-13(21-18(24)12-27-15-7-5-4-6-8-15)20-22-19(23-28-20)14-9-10-16(25-2)17(11-14)26-3/h4-11,13H,12H2,1-3H3,(H,21,24)/t13-/m1/s1. The van der Waals surface area contributed by atoms with Crippen molar-refractivity contribution in [2.45, 2.75) is 13.0 Å². The maximum absolute atomic E-state index is 12.1. The van der Waals surface area contributed by atoms with E-state index in [1.54, 1.807) is 51.5 Å². The Morgan fingerprint density at radius 2 is 1.86 bits per heavy atom. The molecule has 3 aromatic rings.